The predicted octanol–water partition coefficient (Wildman–Crippen LogP) is 4.10. The van der Waals surface area contributed by atoms with E-state index >= 15 is 0 Å². The van der Waals surface area contributed by atoms with Crippen LogP contribution >= 0.6 is 11.6 Å². The standard InChI is InChI=1S/C14H16ClNO/c1-10(2)5-4-6-14(17)16-12-8-7-11(3)13(15)9-12/h4,7-9H,6H2,1-3H3,(H,16,17). The van der Waals surface area contributed by atoms with Crippen LogP contribution in [0.2, 0.25) is 5.02 Å². The van der Waals surface area contributed by atoms with E-state index in [1.807, 2.05) is 32.9 Å². The summed E-state index contributed by atoms with van der Waals surface area (Å²) in [6.45, 7) is 5.80. The number of aryl methyl sites for hydroxylation is 1. The number of amides is 1. The molecule has 1 N–H and O–H groups in total. The molecule has 0 bridgehead atoms. The number of nitrogens with one attached hydrogen (secondary N) is 1. The van der Waals surface area contributed by atoms with Gasteiger partial charge in [-0.15, -0.1) is 5.73 Å². The van der Waals surface area contributed by atoms with Gasteiger partial charge in [0.15, 0.2) is 0 Å². The van der Waals surface area contributed by atoms with E-state index < -0.39 is 0 Å². The molecule has 1 rings (SSSR count). The molecule has 3 heteroatoms. The number of hydrogen-bond acceptors (Lipinski definition) is 1. The number of hydrogen-bond donors (Lipinski definition) is 1. The zero-order valence-electron chi connectivity index (χ0n) is 10.3. The Morgan fingerprint density at radius 3 is 2.76 bits per heavy atom. The van der Waals surface area contributed by atoms with Crippen LogP contribution in [0.5, 0.6) is 0 Å². The number of rotatable bonds is 3. The normalized spacial score (nSPS) is 9.41. The van der Waals surface area contributed by atoms with Crippen LogP contribution in [0.25, 0.3) is 0 Å². The van der Waals surface area contributed by atoms with Gasteiger partial charge in [0.2, 0.25) is 5.91 Å². The van der Waals surface area contributed by atoms with E-state index in [-0.39, 0.29) is 5.91 Å². The molecule has 0 radical (unpaired) electrons. The monoisotopic (exact) mass is 249 g/mol. The lowest BCUT2D eigenvalue weighted by atomic mass is 10.2. The van der Waals surface area contributed by atoms with Crippen molar-refractivity contribution in [1.82, 2.24) is 0 Å². The Bertz CT molecular complexity index is 481. The van der Waals surface area contributed by atoms with Crippen LogP contribution < -0.4 is 5.32 Å². The summed E-state index contributed by atoms with van der Waals surface area (Å²) in [6, 6.07) is 5.47. The molecule has 0 saturated carbocycles. The Morgan fingerprint density at radius 1 is 1.47 bits per heavy atom. The molecule has 0 saturated heterocycles. The molecule has 1 amide bonds. The molecule has 0 aliphatic heterocycles. The molecular formula is C14H16ClNO. The fourth-order valence-electron chi connectivity index (χ4n) is 1.23. The summed E-state index contributed by atoms with van der Waals surface area (Å²) in [6.07, 6.45) is 2.04. The highest BCUT2D eigenvalue weighted by Crippen LogP contribution is 2.19. The maximum absolute atomic E-state index is 11.6. The second-order valence-corrected chi connectivity index (χ2v) is 4.47. The molecule has 17 heavy (non-hydrogen) atoms. The summed E-state index contributed by atoms with van der Waals surface area (Å²) in [7, 11) is 0. The molecule has 1 aromatic carbocycles. The molecule has 2 nitrogen and oxygen atoms in total. The van der Waals surface area contributed by atoms with Crippen LogP contribution in [-0.4, -0.2) is 5.91 Å². The Morgan fingerprint density at radius 2 is 2.18 bits per heavy atom. The zero-order chi connectivity index (χ0) is 12.8. The maximum atomic E-state index is 11.6. The van der Waals surface area contributed by atoms with Crippen LogP contribution in [0.3, 0.4) is 0 Å². The number of benzene rings is 1. The van der Waals surface area contributed by atoms with Gasteiger partial charge < -0.3 is 5.32 Å². The Balaban J connectivity index is 2.62. The average Bonchev–Trinajstić information content (AvgIpc) is 2.23. The lowest BCUT2D eigenvalue weighted by Gasteiger charge is -2.05. The van der Waals surface area contributed by atoms with Gasteiger partial charge >= 0.3 is 0 Å². The van der Waals surface area contributed by atoms with Gasteiger partial charge in [-0.3, -0.25) is 4.79 Å². The van der Waals surface area contributed by atoms with E-state index in [9.17, 15) is 4.79 Å². The minimum atomic E-state index is -0.0707. The fraction of sp³-hybridized carbons (Fsp3) is 0.286. The minimum absolute atomic E-state index is 0.0707. The number of halogens is 1. The summed E-state index contributed by atoms with van der Waals surface area (Å²) in [5.74, 6) is -0.0707. The first kappa shape index (κ1) is 13.6. The van der Waals surface area contributed by atoms with E-state index in [4.69, 9.17) is 11.6 Å². The van der Waals surface area contributed by atoms with Crippen molar-refractivity contribution in [3.8, 4) is 0 Å². The quantitative estimate of drug-likeness (QED) is 0.803. The summed E-state index contributed by atoms with van der Waals surface area (Å²) < 4.78 is 0. The van der Waals surface area contributed by atoms with E-state index in [1.54, 1.807) is 12.1 Å². The van der Waals surface area contributed by atoms with Crippen molar-refractivity contribution in [2.45, 2.75) is 27.2 Å². The molecule has 1 aromatic rings. The minimum Gasteiger partial charge on any atom is -0.326 e. The Kier molecular flexibility index (Phi) is 5.02. The largest absolute Gasteiger partial charge is 0.326 e. The van der Waals surface area contributed by atoms with Crippen molar-refractivity contribution in [3.63, 3.8) is 0 Å². The first-order valence-corrected chi connectivity index (χ1v) is 5.81. The maximum Gasteiger partial charge on any atom is 0.228 e. The SMILES string of the molecule is CC(C)=C=CCC(=O)Nc1ccc(C)c(Cl)c1. The molecule has 0 fully saturated rings. The van der Waals surface area contributed by atoms with Gasteiger partial charge in [0, 0.05) is 10.7 Å². The third-order valence-electron chi connectivity index (χ3n) is 2.13. The van der Waals surface area contributed by atoms with Crippen molar-refractivity contribution in [1.29, 1.82) is 0 Å². The van der Waals surface area contributed by atoms with Gasteiger partial charge in [-0.05, 0) is 50.1 Å². The predicted molar refractivity (Wildman–Crippen MR) is 72.4 cm³/mol. The number of anilines is 1. The van der Waals surface area contributed by atoms with Crippen LogP contribution in [0, 0.1) is 6.92 Å². The van der Waals surface area contributed by atoms with Gasteiger partial charge in [-0.1, -0.05) is 17.7 Å². The van der Waals surface area contributed by atoms with Crippen molar-refractivity contribution in [2.24, 2.45) is 0 Å². The average molecular weight is 250 g/mol. The lowest BCUT2D eigenvalue weighted by Crippen LogP contribution is -2.09. The van der Waals surface area contributed by atoms with Gasteiger partial charge in [0.1, 0.15) is 0 Å². The summed E-state index contributed by atoms with van der Waals surface area (Å²) in [4.78, 5) is 11.6. The van der Waals surface area contributed by atoms with E-state index in [0.717, 1.165) is 16.8 Å². The summed E-state index contributed by atoms with van der Waals surface area (Å²) >= 11 is 5.97. The molecule has 0 unspecified atom stereocenters. The smallest absolute Gasteiger partial charge is 0.228 e. The fourth-order valence-corrected chi connectivity index (χ4v) is 1.41. The molecule has 0 heterocycles. The lowest BCUT2D eigenvalue weighted by molar-refractivity contribution is -0.115. The molecule has 0 aliphatic rings. The van der Waals surface area contributed by atoms with E-state index in [1.165, 1.54) is 0 Å². The Hall–Kier alpha value is -1.50. The molecule has 0 aliphatic carbocycles. The van der Waals surface area contributed by atoms with Gasteiger partial charge in [0.05, 0.1) is 6.42 Å². The van der Waals surface area contributed by atoms with Crippen molar-refractivity contribution in [2.75, 3.05) is 5.32 Å². The third-order valence-corrected chi connectivity index (χ3v) is 2.54. The molecule has 0 spiro atoms. The van der Waals surface area contributed by atoms with Crippen LogP contribution in [-0.2, 0) is 4.79 Å². The Labute approximate surface area is 107 Å². The number of carbonyl (C=O) groups excluding carboxylic acids is 1. The molecule has 0 aromatic heterocycles. The number of carbonyl (C=O) groups is 1. The first-order chi connectivity index (χ1) is 7.99. The van der Waals surface area contributed by atoms with Gasteiger partial charge in [0.25, 0.3) is 0 Å². The zero-order valence-corrected chi connectivity index (χ0v) is 11.1. The summed E-state index contributed by atoms with van der Waals surface area (Å²) in [5, 5.41) is 3.44. The third kappa shape index (κ3) is 4.90. The molecule has 90 valence electrons. The molecule has 0 atom stereocenters. The highest BCUT2D eigenvalue weighted by molar-refractivity contribution is 6.31. The van der Waals surface area contributed by atoms with Gasteiger partial charge in [-0.25, -0.2) is 0 Å². The highest BCUT2D eigenvalue weighted by atomic mass is 35.5. The van der Waals surface area contributed by atoms with Crippen molar-refractivity contribution in [3.05, 3.63) is 46.2 Å². The van der Waals surface area contributed by atoms with Gasteiger partial charge in [-0.2, -0.15) is 0 Å². The first-order valence-electron chi connectivity index (χ1n) is 5.43. The van der Waals surface area contributed by atoms with E-state index in [2.05, 4.69) is 11.0 Å². The second kappa shape index (κ2) is 6.29. The second-order valence-electron chi connectivity index (χ2n) is 4.06. The van der Waals surface area contributed by atoms with Crippen molar-refractivity contribution >= 4 is 23.2 Å². The van der Waals surface area contributed by atoms with Crippen LogP contribution in [0.15, 0.2) is 35.6 Å². The van der Waals surface area contributed by atoms with E-state index in [0.29, 0.717) is 11.4 Å². The summed E-state index contributed by atoms with van der Waals surface area (Å²) in [5.41, 5.74) is 5.75. The highest BCUT2D eigenvalue weighted by Gasteiger charge is 2.01. The van der Waals surface area contributed by atoms with Crippen molar-refractivity contribution < 1.29 is 4.79 Å². The van der Waals surface area contributed by atoms with Crippen LogP contribution in [0.1, 0.15) is 25.8 Å². The topological polar surface area (TPSA) is 29.1 Å². The van der Waals surface area contributed by atoms with Crippen LogP contribution in [0.4, 0.5) is 5.69 Å². The molecular weight excluding hydrogens is 234 g/mol.